The van der Waals surface area contributed by atoms with Gasteiger partial charge in [-0.1, -0.05) is 0 Å². The summed E-state index contributed by atoms with van der Waals surface area (Å²) in [5, 5.41) is 8.75. The fraction of sp³-hybridized carbons (Fsp3) is 0.273. The number of carboxylic acid groups (broad SMARTS) is 1. The van der Waals surface area contributed by atoms with Crippen molar-refractivity contribution in [3.63, 3.8) is 0 Å². The predicted octanol–water partition coefficient (Wildman–Crippen LogP) is 0.812. The Labute approximate surface area is 116 Å². The molecule has 0 unspecified atom stereocenters. The van der Waals surface area contributed by atoms with Gasteiger partial charge >= 0.3 is 22.3 Å². The number of hydrogen-bond acceptors (Lipinski definition) is 5. The highest BCUT2D eigenvalue weighted by Crippen LogP contribution is 2.16. The molecule has 0 aliphatic heterocycles. The fourth-order valence-electron chi connectivity index (χ4n) is 1.29. The molecule has 0 aliphatic carbocycles. The summed E-state index contributed by atoms with van der Waals surface area (Å²) >= 11 is 0. The lowest BCUT2D eigenvalue weighted by molar-refractivity contribution is 0.0697. The molecule has 8 nitrogen and oxygen atoms in total. The Bertz CT molecular complexity index is 596. The summed E-state index contributed by atoms with van der Waals surface area (Å²) in [5.74, 6) is -1.12. The monoisotopic (exact) mass is 302 g/mol. The SMILES string of the molecule is CCOC(=O)NS(=O)(=O)N(C)c1ccc(C(=O)O)cc1. The lowest BCUT2D eigenvalue weighted by Gasteiger charge is -2.19. The number of amides is 1. The summed E-state index contributed by atoms with van der Waals surface area (Å²) in [4.78, 5) is 21.8. The highest BCUT2D eigenvalue weighted by molar-refractivity contribution is 7.91. The van der Waals surface area contributed by atoms with Crippen molar-refractivity contribution in [1.29, 1.82) is 0 Å². The lowest BCUT2D eigenvalue weighted by Crippen LogP contribution is -2.41. The number of ether oxygens (including phenoxy) is 1. The van der Waals surface area contributed by atoms with Crippen LogP contribution in [-0.4, -0.2) is 39.2 Å². The maximum Gasteiger partial charge on any atom is 0.422 e. The van der Waals surface area contributed by atoms with Gasteiger partial charge in [0.25, 0.3) is 0 Å². The second-order valence-corrected chi connectivity index (χ2v) is 5.35. The van der Waals surface area contributed by atoms with Crippen molar-refractivity contribution in [1.82, 2.24) is 4.72 Å². The van der Waals surface area contributed by atoms with Gasteiger partial charge in [0.05, 0.1) is 17.9 Å². The van der Waals surface area contributed by atoms with Crippen LogP contribution >= 0.6 is 0 Å². The van der Waals surface area contributed by atoms with E-state index in [-0.39, 0.29) is 17.9 Å². The van der Waals surface area contributed by atoms with Crippen LogP contribution in [0.15, 0.2) is 24.3 Å². The average molecular weight is 302 g/mol. The quantitative estimate of drug-likeness (QED) is 0.832. The van der Waals surface area contributed by atoms with Crippen molar-refractivity contribution in [3.05, 3.63) is 29.8 Å². The fourth-order valence-corrected chi connectivity index (χ4v) is 2.09. The number of aromatic carboxylic acids is 1. The third-order valence-electron chi connectivity index (χ3n) is 2.33. The van der Waals surface area contributed by atoms with Gasteiger partial charge in [0, 0.05) is 7.05 Å². The zero-order valence-electron chi connectivity index (χ0n) is 10.9. The predicted molar refractivity (Wildman–Crippen MR) is 70.9 cm³/mol. The molecule has 0 bridgehead atoms. The van der Waals surface area contributed by atoms with Crippen LogP contribution in [0.1, 0.15) is 17.3 Å². The molecule has 0 fully saturated rings. The second kappa shape index (κ2) is 6.24. The van der Waals surface area contributed by atoms with E-state index in [1.807, 2.05) is 0 Å². The highest BCUT2D eigenvalue weighted by Gasteiger charge is 2.21. The normalized spacial score (nSPS) is 10.7. The molecular formula is C11H14N2O6S. The van der Waals surface area contributed by atoms with Gasteiger partial charge in [-0.25, -0.2) is 14.3 Å². The van der Waals surface area contributed by atoms with Crippen molar-refractivity contribution in [2.45, 2.75) is 6.92 Å². The maximum absolute atomic E-state index is 11.8. The van der Waals surface area contributed by atoms with Crippen LogP contribution in [0.25, 0.3) is 0 Å². The summed E-state index contributed by atoms with van der Waals surface area (Å²) in [7, 11) is -2.89. The van der Waals surface area contributed by atoms with Crippen molar-refractivity contribution in [2.75, 3.05) is 18.0 Å². The average Bonchev–Trinajstić information content (AvgIpc) is 2.37. The Morgan fingerprint density at radius 1 is 1.30 bits per heavy atom. The molecule has 1 aromatic carbocycles. The van der Waals surface area contributed by atoms with E-state index in [1.165, 1.54) is 31.3 Å². The number of carbonyl (C=O) groups excluding carboxylic acids is 1. The Balaban J connectivity index is 2.90. The number of rotatable bonds is 5. The van der Waals surface area contributed by atoms with Crippen LogP contribution in [0.4, 0.5) is 10.5 Å². The van der Waals surface area contributed by atoms with Gasteiger partial charge in [-0.2, -0.15) is 8.42 Å². The van der Waals surface area contributed by atoms with Gasteiger partial charge in [-0.05, 0) is 31.2 Å². The zero-order chi connectivity index (χ0) is 15.3. The molecule has 9 heteroatoms. The number of carboxylic acids is 1. The largest absolute Gasteiger partial charge is 0.478 e. The van der Waals surface area contributed by atoms with Gasteiger partial charge in [-0.3, -0.25) is 4.31 Å². The Morgan fingerprint density at radius 3 is 2.30 bits per heavy atom. The third kappa shape index (κ3) is 3.85. The summed E-state index contributed by atoms with van der Waals surface area (Å²) in [5.41, 5.74) is 0.227. The van der Waals surface area contributed by atoms with E-state index in [2.05, 4.69) is 4.74 Å². The lowest BCUT2D eigenvalue weighted by atomic mass is 10.2. The molecule has 2 N–H and O–H groups in total. The molecule has 0 spiro atoms. The van der Waals surface area contributed by atoms with E-state index in [0.29, 0.717) is 0 Å². The Morgan fingerprint density at radius 2 is 1.85 bits per heavy atom. The van der Waals surface area contributed by atoms with Crippen molar-refractivity contribution < 1.29 is 27.9 Å². The molecule has 1 amide bonds. The highest BCUT2D eigenvalue weighted by atomic mass is 32.2. The van der Waals surface area contributed by atoms with Gasteiger partial charge in [0.1, 0.15) is 0 Å². The third-order valence-corrected chi connectivity index (χ3v) is 3.68. The van der Waals surface area contributed by atoms with Crippen molar-refractivity contribution in [3.8, 4) is 0 Å². The van der Waals surface area contributed by atoms with Crippen LogP contribution < -0.4 is 9.03 Å². The maximum atomic E-state index is 11.8. The van der Waals surface area contributed by atoms with Crippen molar-refractivity contribution in [2.24, 2.45) is 0 Å². The first-order valence-electron chi connectivity index (χ1n) is 5.54. The van der Waals surface area contributed by atoms with Crippen LogP contribution in [0.5, 0.6) is 0 Å². The van der Waals surface area contributed by atoms with Gasteiger partial charge < -0.3 is 9.84 Å². The molecule has 0 radical (unpaired) electrons. The van der Waals surface area contributed by atoms with Gasteiger partial charge in [-0.15, -0.1) is 0 Å². The zero-order valence-corrected chi connectivity index (χ0v) is 11.7. The van der Waals surface area contributed by atoms with Gasteiger partial charge in [0.2, 0.25) is 0 Å². The molecule has 1 aromatic rings. The van der Waals surface area contributed by atoms with E-state index in [1.54, 1.807) is 11.6 Å². The molecule has 0 atom stereocenters. The van der Waals surface area contributed by atoms with E-state index in [0.717, 1.165) is 4.31 Å². The van der Waals surface area contributed by atoms with Crippen LogP contribution in [0, 0.1) is 0 Å². The topological polar surface area (TPSA) is 113 Å². The minimum absolute atomic E-state index is 0.0258. The summed E-state index contributed by atoms with van der Waals surface area (Å²) < 4.78 is 30.7. The molecule has 0 aliphatic rings. The smallest absolute Gasteiger partial charge is 0.422 e. The Hall–Kier alpha value is -2.29. The van der Waals surface area contributed by atoms with Crippen molar-refractivity contribution >= 4 is 28.0 Å². The summed E-state index contributed by atoms with van der Waals surface area (Å²) in [6.07, 6.45) is -1.08. The number of nitrogens with one attached hydrogen (secondary N) is 1. The number of carbonyl (C=O) groups is 2. The molecule has 110 valence electrons. The van der Waals surface area contributed by atoms with Crippen LogP contribution in [0.2, 0.25) is 0 Å². The summed E-state index contributed by atoms with van der Waals surface area (Å²) in [6.45, 7) is 1.58. The van der Waals surface area contributed by atoms with Gasteiger partial charge in [0.15, 0.2) is 0 Å². The first-order chi connectivity index (χ1) is 9.27. The first-order valence-corrected chi connectivity index (χ1v) is 6.98. The molecule has 0 saturated carbocycles. The van der Waals surface area contributed by atoms with Crippen LogP contribution in [-0.2, 0) is 14.9 Å². The van der Waals surface area contributed by atoms with Crippen LogP contribution in [0.3, 0.4) is 0 Å². The number of benzene rings is 1. The standard InChI is InChI=1S/C11H14N2O6S/c1-3-19-11(16)12-20(17,18)13(2)9-6-4-8(5-7-9)10(14)15/h4-7H,3H2,1-2H3,(H,12,16)(H,14,15). The summed E-state index contributed by atoms with van der Waals surface area (Å²) in [6, 6.07) is 5.14. The molecule has 0 aromatic heterocycles. The van der Waals surface area contributed by atoms with E-state index >= 15 is 0 Å². The minimum Gasteiger partial charge on any atom is -0.478 e. The molecule has 0 saturated heterocycles. The second-order valence-electron chi connectivity index (χ2n) is 3.65. The van der Waals surface area contributed by atoms with E-state index in [4.69, 9.17) is 5.11 Å². The van der Waals surface area contributed by atoms with E-state index < -0.39 is 22.3 Å². The molecule has 1 rings (SSSR count). The first kappa shape index (κ1) is 15.8. The minimum atomic E-state index is -4.11. The molecule has 20 heavy (non-hydrogen) atoms. The number of nitrogens with zero attached hydrogens (tertiary/aromatic N) is 1. The van der Waals surface area contributed by atoms with E-state index in [9.17, 15) is 18.0 Å². The number of anilines is 1. The number of hydrogen-bond donors (Lipinski definition) is 2. The molecular weight excluding hydrogens is 288 g/mol. The Kier molecular flexibility index (Phi) is 4.92. The molecule has 0 heterocycles.